The van der Waals surface area contributed by atoms with E-state index in [4.69, 9.17) is 0 Å². The van der Waals surface area contributed by atoms with Gasteiger partial charge in [-0.25, -0.2) is 13.2 Å². The van der Waals surface area contributed by atoms with E-state index in [-0.39, 0.29) is 22.5 Å². The summed E-state index contributed by atoms with van der Waals surface area (Å²) in [4.78, 5) is 38.7. The Kier molecular flexibility index (Phi) is 5.60. The number of aliphatic hydroxyl groups excluding tert-OH is 1. The fourth-order valence-corrected chi connectivity index (χ4v) is 4.76. The van der Waals surface area contributed by atoms with Crippen molar-refractivity contribution in [2.75, 3.05) is 11.9 Å². The number of benzene rings is 1. The number of halogens is 3. The molecule has 0 atom stereocenters. The number of nitrogens with zero attached hydrogens (tertiary/aromatic N) is 1. The summed E-state index contributed by atoms with van der Waals surface area (Å²) in [6.45, 7) is 2.88. The van der Waals surface area contributed by atoms with Crippen LogP contribution in [0.1, 0.15) is 56.9 Å². The molecule has 176 valence electrons. The predicted octanol–water partition coefficient (Wildman–Crippen LogP) is 2.90. The third kappa shape index (κ3) is 4.03. The second-order valence-corrected chi connectivity index (χ2v) is 8.90. The van der Waals surface area contributed by atoms with Crippen molar-refractivity contribution in [3.63, 3.8) is 0 Å². The van der Waals surface area contributed by atoms with E-state index in [1.165, 1.54) is 19.1 Å². The molecular weight excluding hydrogens is 439 g/mol. The van der Waals surface area contributed by atoms with Gasteiger partial charge in [-0.05, 0) is 49.9 Å². The van der Waals surface area contributed by atoms with Crippen molar-refractivity contribution in [3.05, 3.63) is 52.1 Å². The topological polar surface area (TPSA) is 100 Å². The lowest BCUT2D eigenvalue weighted by atomic mass is 9.73. The first kappa shape index (κ1) is 23.0. The van der Waals surface area contributed by atoms with Crippen LogP contribution in [-0.2, 0) is 17.8 Å². The molecule has 10 heteroatoms. The summed E-state index contributed by atoms with van der Waals surface area (Å²) in [5.41, 5.74) is 0.185. The van der Waals surface area contributed by atoms with Crippen molar-refractivity contribution < 1.29 is 32.7 Å². The van der Waals surface area contributed by atoms with Crippen molar-refractivity contribution >= 4 is 23.3 Å². The third-order valence-corrected chi connectivity index (χ3v) is 6.36. The van der Waals surface area contributed by atoms with Gasteiger partial charge >= 0.3 is 0 Å². The van der Waals surface area contributed by atoms with Crippen LogP contribution < -0.4 is 10.6 Å². The Morgan fingerprint density at radius 2 is 1.88 bits per heavy atom. The van der Waals surface area contributed by atoms with Gasteiger partial charge in [0.15, 0.2) is 0 Å². The highest BCUT2D eigenvalue weighted by molar-refractivity contribution is 6.44. The summed E-state index contributed by atoms with van der Waals surface area (Å²) in [6.07, 6.45) is -0.374. The van der Waals surface area contributed by atoms with E-state index in [0.29, 0.717) is 30.6 Å². The molecule has 0 saturated heterocycles. The number of carbonyl (C=O) groups excluding carboxylic acids is 3. The summed E-state index contributed by atoms with van der Waals surface area (Å²) in [6, 6.07) is 4.28. The average Bonchev–Trinajstić information content (AvgIpc) is 3.27. The van der Waals surface area contributed by atoms with Crippen LogP contribution in [0, 0.1) is 19.7 Å². The minimum Gasteiger partial charge on any atom is -0.394 e. The van der Waals surface area contributed by atoms with Crippen LogP contribution in [0.2, 0.25) is 0 Å². The molecule has 2 aliphatic rings. The zero-order valence-corrected chi connectivity index (χ0v) is 18.2. The lowest BCUT2D eigenvalue weighted by Gasteiger charge is -2.46. The standard InChI is InChI=1S/C23H24F3N3O4/c1-12-5-6-14(8-15(12)24)27-20(32)18-13(2)17(16-4-3-7-29(16)18)19(31)21(33)28-22(11-30)9-23(25,26)10-22/h5-6,8,30H,3-4,7,9-11H2,1-2H3,(H,27,32)(H,28,33). The Morgan fingerprint density at radius 3 is 2.48 bits per heavy atom. The second-order valence-electron chi connectivity index (χ2n) is 8.90. The lowest BCUT2D eigenvalue weighted by molar-refractivity contribution is -0.154. The number of nitrogens with one attached hydrogen (secondary N) is 2. The summed E-state index contributed by atoms with van der Waals surface area (Å²) in [7, 11) is 0. The van der Waals surface area contributed by atoms with Gasteiger partial charge in [0.2, 0.25) is 0 Å². The van der Waals surface area contributed by atoms with Crippen molar-refractivity contribution in [3.8, 4) is 0 Å². The molecule has 0 unspecified atom stereocenters. The molecule has 2 aromatic rings. The Morgan fingerprint density at radius 1 is 1.18 bits per heavy atom. The SMILES string of the molecule is Cc1ccc(NC(=O)c2c(C)c(C(=O)C(=O)NC3(CO)CC(F)(F)C3)c3n2CCC3)cc1F. The van der Waals surface area contributed by atoms with E-state index in [1.54, 1.807) is 17.6 Å². The van der Waals surface area contributed by atoms with Gasteiger partial charge in [0.25, 0.3) is 23.5 Å². The maximum absolute atomic E-state index is 13.9. The third-order valence-electron chi connectivity index (χ3n) is 6.36. The Labute approximate surface area is 188 Å². The van der Waals surface area contributed by atoms with E-state index in [2.05, 4.69) is 10.6 Å². The minimum absolute atomic E-state index is 0.0596. The van der Waals surface area contributed by atoms with Crippen molar-refractivity contribution in [1.82, 2.24) is 9.88 Å². The molecule has 0 spiro atoms. The first-order chi connectivity index (χ1) is 15.5. The first-order valence-electron chi connectivity index (χ1n) is 10.6. The highest BCUT2D eigenvalue weighted by atomic mass is 19.3. The number of Topliss-reactive ketones (excluding diaryl/α,β-unsaturated/α-hetero) is 1. The number of carbonyl (C=O) groups is 3. The number of alkyl halides is 2. The maximum Gasteiger partial charge on any atom is 0.292 e. The number of anilines is 1. The normalized spacial score (nSPS) is 17.8. The molecule has 2 heterocycles. The molecule has 1 aliphatic carbocycles. The number of fused-ring (bicyclic) bond motifs is 1. The van der Waals surface area contributed by atoms with Gasteiger partial charge in [0.05, 0.1) is 17.7 Å². The number of aromatic nitrogens is 1. The fourth-order valence-electron chi connectivity index (χ4n) is 4.76. The molecule has 0 bridgehead atoms. The number of aliphatic hydroxyl groups is 1. The zero-order chi connectivity index (χ0) is 24.1. The molecule has 4 rings (SSSR count). The van der Waals surface area contributed by atoms with Crippen LogP contribution in [0.5, 0.6) is 0 Å². The smallest absolute Gasteiger partial charge is 0.292 e. The minimum atomic E-state index is -3.01. The molecule has 7 nitrogen and oxygen atoms in total. The van der Waals surface area contributed by atoms with Crippen molar-refractivity contribution in [2.24, 2.45) is 0 Å². The van der Waals surface area contributed by atoms with Gasteiger partial charge in [0.1, 0.15) is 11.5 Å². The molecule has 1 aromatic heterocycles. The second kappa shape index (κ2) is 8.02. The molecule has 3 N–H and O–H groups in total. The van der Waals surface area contributed by atoms with Gasteiger partial charge < -0.3 is 20.3 Å². The summed E-state index contributed by atoms with van der Waals surface area (Å²) in [5.74, 6) is -6.08. The number of hydrogen-bond acceptors (Lipinski definition) is 4. The van der Waals surface area contributed by atoms with E-state index in [1.807, 2.05) is 0 Å². The molecule has 33 heavy (non-hydrogen) atoms. The Hall–Kier alpha value is -3.14. The molecule has 1 aliphatic heterocycles. The van der Waals surface area contributed by atoms with Gasteiger partial charge in [-0.3, -0.25) is 14.4 Å². The fraction of sp³-hybridized carbons (Fsp3) is 0.435. The number of ketones is 1. The number of amides is 2. The number of hydrogen-bond donors (Lipinski definition) is 3. The highest BCUT2D eigenvalue weighted by Gasteiger charge is 2.57. The highest BCUT2D eigenvalue weighted by Crippen LogP contribution is 2.45. The van der Waals surface area contributed by atoms with E-state index < -0.39 is 54.3 Å². The van der Waals surface area contributed by atoms with E-state index in [9.17, 15) is 32.7 Å². The summed E-state index contributed by atoms with van der Waals surface area (Å²) < 4.78 is 42.2. The molecule has 1 aromatic carbocycles. The molecule has 1 fully saturated rings. The van der Waals surface area contributed by atoms with Crippen LogP contribution in [0.4, 0.5) is 18.9 Å². The van der Waals surface area contributed by atoms with Crippen molar-refractivity contribution in [2.45, 2.75) is 57.5 Å². The molecule has 2 amide bonds. The van der Waals surface area contributed by atoms with Crippen LogP contribution in [0.15, 0.2) is 18.2 Å². The first-order valence-corrected chi connectivity index (χ1v) is 10.6. The Balaban J connectivity index is 1.60. The van der Waals surface area contributed by atoms with Crippen LogP contribution in [0.25, 0.3) is 0 Å². The average molecular weight is 463 g/mol. The predicted molar refractivity (Wildman–Crippen MR) is 113 cm³/mol. The summed E-state index contributed by atoms with van der Waals surface area (Å²) in [5, 5.41) is 14.4. The van der Waals surface area contributed by atoms with Crippen LogP contribution in [0.3, 0.4) is 0 Å². The zero-order valence-electron chi connectivity index (χ0n) is 18.2. The largest absolute Gasteiger partial charge is 0.394 e. The van der Waals surface area contributed by atoms with Gasteiger partial charge in [0, 0.05) is 30.8 Å². The van der Waals surface area contributed by atoms with Crippen molar-refractivity contribution in [1.29, 1.82) is 0 Å². The summed E-state index contributed by atoms with van der Waals surface area (Å²) >= 11 is 0. The quantitative estimate of drug-likeness (QED) is 0.453. The lowest BCUT2D eigenvalue weighted by Crippen LogP contribution is -2.65. The molecule has 0 radical (unpaired) electrons. The monoisotopic (exact) mass is 463 g/mol. The Bertz CT molecular complexity index is 1160. The van der Waals surface area contributed by atoms with E-state index in [0.717, 1.165) is 0 Å². The van der Waals surface area contributed by atoms with Gasteiger partial charge in [-0.1, -0.05) is 6.07 Å². The maximum atomic E-state index is 13.9. The molecule has 1 saturated carbocycles. The molecular formula is C23H24F3N3O4. The number of rotatable bonds is 6. The van der Waals surface area contributed by atoms with Gasteiger partial charge in [-0.2, -0.15) is 0 Å². The van der Waals surface area contributed by atoms with Crippen LogP contribution in [-0.4, -0.2) is 45.3 Å². The van der Waals surface area contributed by atoms with E-state index >= 15 is 0 Å². The van der Waals surface area contributed by atoms with Gasteiger partial charge in [-0.15, -0.1) is 0 Å². The van der Waals surface area contributed by atoms with Crippen LogP contribution >= 0.6 is 0 Å². The number of aryl methyl sites for hydroxylation is 1.